The Kier molecular flexibility index (Phi) is 5.19. The minimum Gasteiger partial charge on any atom is -0.352 e. The average Bonchev–Trinajstić information content (AvgIpc) is 3.42. The van der Waals surface area contributed by atoms with E-state index >= 15 is 0 Å². The van der Waals surface area contributed by atoms with Gasteiger partial charge in [-0.1, -0.05) is 36.4 Å². The number of tetrazole rings is 1. The van der Waals surface area contributed by atoms with E-state index in [9.17, 15) is 4.79 Å². The van der Waals surface area contributed by atoms with Crippen molar-refractivity contribution in [3.05, 3.63) is 90.3 Å². The zero-order valence-electron chi connectivity index (χ0n) is 15.1. The van der Waals surface area contributed by atoms with E-state index in [1.165, 1.54) is 6.33 Å². The van der Waals surface area contributed by atoms with Crippen molar-refractivity contribution in [2.24, 2.45) is 0 Å². The SMILES string of the molecule is O=C(Cc1ccc(-n2cnnn2)cc1)NCc1ccccc1Cn1ccnc1. The molecule has 0 fully saturated rings. The van der Waals surface area contributed by atoms with Gasteiger partial charge >= 0.3 is 0 Å². The monoisotopic (exact) mass is 373 g/mol. The summed E-state index contributed by atoms with van der Waals surface area (Å²) in [7, 11) is 0. The molecule has 0 bridgehead atoms. The summed E-state index contributed by atoms with van der Waals surface area (Å²) in [6.45, 7) is 1.22. The Labute approximate surface area is 161 Å². The highest BCUT2D eigenvalue weighted by molar-refractivity contribution is 5.78. The third kappa shape index (κ3) is 4.29. The van der Waals surface area contributed by atoms with Crippen LogP contribution in [0.1, 0.15) is 16.7 Å². The van der Waals surface area contributed by atoms with Crippen LogP contribution in [0.2, 0.25) is 0 Å². The molecule has 0 aliphatic rings. The van der Waals surface area contributed by atoms with Crippen molar-refractivity contribution in [1.82, 2.24) is 35.1 Å². The summed E-state index contributed by atoms with van der Waals surface area (Å²) < 4.78 is 3.58. The molecule has 2 aromatic carbocycles. The van der Waals surface area contributed by atoms with Crippen molar-refractivity contribution in [3.63, 3.8) is 0 Å². The largest absolute Gasteiger partial charge is 0.352 e. The maximum atomic E-state index is 12.4. The van der Waals surface area contributed by atoms with Crippen LogP contribution in [-0.4, -0.2) is 35.7 Å². The van der Waals surface area contributed by atoms with Gasteiger partial charge in [-0.3, -0.25) is 4.79 Å². The number of nitrogens with one attached hydrogen (secondary N) is 1. The van der Waals surface area contributed by atoms with Gasteiger partial charge in [0.05, 0.1) is 18.4 Å². The molecule has 0 saturated heterocycles. The van der Waals surface area contributed by atoms with Gasteiger partial charge in [0.1, 0.15) is 6.33 Å². The summed E-state index contributed by atoms with van der Waals surface area (Å²) >= 11 is 0. The number of imidazole rings is 1. The van der Waals surface area contributed by atoms with Crippen LogP contribution >= 0.6 is 0 Å². The third-order valence-corrected chi connectivity index (χ3v) is 4.42. The normalized spacial score (nSPS) is 10.7. The van der Waals surface area contributed by atoms with Crippen LogP contribution in [0.25, 0.3) is 5.69 Å². The van der Waals surface area contributed by atoms with E-state index in [1.807, 2.05) is 53.2 Å². The highest BCUT2D eigenvalue weighted by Gasteiger charge is 2.07. The first-order valence-electron chi connectivity index (χ1n) is 8.89. The molecule has 4 aromatic rings. The van der Waals surface area contributed by atoms with Crippen LogP contribution in [0.4, 0.5) is 0 Å². The molecule has 0 aliphatic heterocycles. The van der Waals surface area contributed by atoms with E-state index in [0.717, 1.165) is 28.9 Å². The first-order valence-corrected chi connectivity index (χ1v) is 8.89. The molecule has 0 saturated carbocycles. The van der Waals surface area contributed by atoms with Crippen molar-refractivity contribution < 1.29 is 4.79 Å². The summed E-state index contributed by atoms with van der Waals surface area (Å²) in [5.74, 6) is -0.0207. The van der Waals surface area contributed by atoms with E-state index in [2.05, 4.69) is 31.9 Å². The zero-order chi connectivity index (χ0) is 19.2. The maximum absolute atomic E-state index is 12.4. The molecule has 8 nitrogen and oxygen atoms in total. The fourth-order valence-electron chi connectivity index (χ4n) is 2.95. The quantitative estimate of drug-likeness (QED) is 0.533. The molecule has 4 rings (SSSR count). The van der Waals surface area contributed by atoms with Crippen molar-refractivity contribution >= 4 is 5.91 Å². The number of carbonyl (C=O) groups is 1. The number of nitrogens with zero attached hydrogens (tertiary/aromatic N) is 6. The van der Waals surface area contributed by atoms with Crippen LogP contribution in [-0.2, 0) is 24.3 Å². The fourth-order valence-corrected chi connectivity index (χ4v) is 2.95. The molecule has 8 heteroatoms. The molecule has 0 aliphatic carbocycles. The van der Waals surface area contributed by atoms with Crippen molar-refractivity contribution in [2.45, 2.75) is 19.5 Å². The van der Waals surface area contributed by atoms with Gasteiger partial charge in [0.2, 0.25) is 5.91 Å². The lowest BCUT2D eigenvalue weighted by molar-refractivity contribution is -0.120. The van der Waals surface area contributed by atoms with Gasteiger partial charge < -0.3 is 9.88 Å². The summed E-state index contributed by atoms with van der Waals surface area (Å²) in [4.78, 5) is 16.4. The average molecular weight is 373 g/mol. The summed E-state index contributed by atoms with van der Waals surface area (Å²) in [5, 5.41) is 14.1. The number of aromatic nitrogens is 6. The Hall–Kier alpha value is -3.81. The number of hydrogen-bond donors (Lipinski definition) is 1. The first kappa shape index (κ1) is 17.6. The van der Waals surface area contributed by atoms with Gasteiger partial charge in [-0.2, -0.15) is 0 Å². The van der Waals surface area contributed by atoms with Crippen LogP contribution in [0.15, 0.2) is 73.6 Å². The van der Waals surface area contributed by atoms with Gasteiger partial charge in [0.15, 0.2) is 0 Å². The molecule has 0 radical (unpaired) electrons. The van der Waals surface area contributed by atoms with E-state index in [4.69, 9.17) is 0 Å². The maximum Gasteiger partial charge on any atom is 0.224 e. The Bertz CT molecular complexity index is 1020. The number of hydrogen-bond acceptors (Lipinski definition) is 5. The highest BCUT2D eigenvalue weighted by atomic mass is 16.1. The van der Waals surface area contributed by atoms with Crippen LogP contribution in [0.3, 0.4) is 0 Å². The van der Waals surface area contributed by atoms with Gasteiger partial charge in [0, 0.05) is 25.5 Å². The topological polar surface area (TPSA) is 90.5 Å². The molecule has 0 unspecified atom stereocenters. The predicted molar refractivity (Wildman–Crippen MR) is 102 cm³/mol. The van der Waals surface area contributed by atoms with Gasteiger partial charge in [0.25, 0.3) is 0 Å². The third-order valence-electron chi connectivity index (χ3n) is 4.42. The number of amides is 1. The van der Waals surface area contributed by atoms with E-state index in [0.29, 0.717) is 13.0 Å². The second-order valence-electron chi connectivity index (χ2n) is 6.38. The Morgan fingerprint density at radius 1 is 1.00 bits per heavy atom. The lowest BCUT2D eigenvalue weighted by Gasteiger charge is -2.11. The van der Waals surface area contributed by atoms with Gasteiger partial charge in [-0.15, -0.1) is 5.10 Å². The van der Waals surface area contributed by atoms with E-state index in [-0.39, 0.29) is 5.91 Å². The molecule has 2 heterocycles. The van der Waals surface area contributed by atoms with Crippen LogP contribution in [0, 0.1) is 0 Å². The summed E-state index contributed by atoms with van der Waals surface area (Å²) in [6, 6.07) is 15.7. The lowest BCUT2D eigenvalue weighted by atomic mass is 10.1. The molecule has 0 atom stereocenters. The second-order valence-corrected chi connectivity index (χ2v) is 6.38. The first-order chi connectivity index (χ1) is 13.8. The smallest absolute Gasteiger partial charge is 0.224 e. The standard InChI is InChI=1S/C20H19N7O/c28-20(11-16-5-7-19(8-6-16)27-15-23-24-25-27)22-12-17-3-1-2-4-18(17)13-26-10-9-21-14-26/h1-10,14-15H,11-13H2,(H,22,28). The molecular formula is C20H19N7O. The number of carbonyl (C=O) groups excluding carboxylic acids is 1. The summed E-state index contributed by atoms with van der Waals surface area (Å²) in [5.41, 5.74) is 4.04. The molecule has 0 spiro atoms. The minimum atomic E-state index is -0.0207. The van der Waals surface area contributed by atoms with Crippen LogP contribution < -0.4 is 5.32 Å². The van der Waals surface area contributed by atoms with E-state index < -0.39 is 0 Å². The highest BCUT2D eigenvalue weighted by Crippen LogP contribution is 2.11. The molecular weight excluding hydrogens is 354 g/mol. The van der Waals surface area contributed by atoms with E-state index in [1.54, 1.807) is 17.2 Å². The minimum absolute atomic E-state index is 0.0207. The molecule has 2 aromatic heterocycles. The number of rotatable bonds is 7. The van der Waals surface area contributed by atoms with Gasteiger partial charge in [-0.25, -0.2) is 9.67 Å². The molecule has 1 N–H and O–H groups in total. The molecule has 1 amide bonds. The van der Waals surface area contributed by atoms with Crippen molar-refractivity contribution in [3.8, 4) is 5.69 Å². The Morgan fingerprint density at radius 3 is 2.54 bits per heavy atom. The number of benzene rings is 2. The Morgan fingerprint density at radius 2 is 1.82 bits per heavy atom. The van der Waals surface area contributed by atoms with Crippen LogP contribution in [0.5, 0.6) is 0 Å². The Balaban J connectivity index is 1.35. The van der Waals surface area contributed by atoms with Crippen molar-refractivity contribution in [2.75, 3.05) is 0 Å². The lowest BCUT2D eigenvalue weighted by Crippen LogP contribution is -2.25. The predicted octanol–water partition coefficient (Wildman–Crippen LogP) is 1.77. The fraction of sp³-hybridized carbons (Fsp3) is 0.150. The molecule has 28 heavy (non-hydrogen) atoms. The summed E-state index contributed by atoms with van der Waals surface area (Å²) in [6.07, 6.45) is 7.32. The van der Waals surface area contributed by atoms with Gasteiger partial charge in [-0.05, 0) is 39.2 Å². The van der Waals surface area contributed by atoms with Crippen molar-refractivity contribution in [1.29, 1.82) is 0 Å². The molecule has 140 valence electrons. The second kappa shape index (κ2) is 8.26. The zero-order valence-corrected chi connectivity index (χ0v) is 15.1.